The lowest BCUT2D eigenvalue weighted by Crippen LogP contribution is -2.52. The number of rotatable bonds is 7. The maximum absolute atomic E-state index is 12.9. The average molecular weight is 481 g/mol. The molecule has 0 aromatic heterocycles. The van der Waals surface area contributed by atoms with Gasteiger partial charge in [-0.25, -0.2) is 8.42 Å². The molecule has 1 saturated heterocycles. The molecule has 0 saturated carbocycles. The molecule has 1 aliphatic rings. The summed E-state index contributed by atoms with van der Waals surface area (Å²) in [5.41, 5.74) is -0.525. The molecular formula is C19H20N4O7S2. The Balaban J connectivity index is 1.63. The van der Waals surface area contributed by atoms with Gasteiger partial charge in [-0.15, -0.1) is 11.8 Å². The van der Waals surface area contributed by atoms with E-state index in [0.717, 1.165) is 10.4 Å². The van der Waals surface area contributed by atoms with Gasteiger partial charge in [0.05, 0.1) is 15.1 Å². The van der Waals surface area contributed by atoms with Crippen LogP contribution in [-0.2, 0) is 14.8 Å². The van der Waals surface area contributed by atoms with Crippen LogP contribution >= 0.6 is 11.8 Å². The maximum Gasteiger partial charge on any atom is 0.289 e. The predicted molar refractivity (Wildman–Crippen MR) is 117 cm³/mol. The third kappa shape index (κ3) is 5.06. The number of thioether (sulfide) groups is 1. The molecule has 13 heteroatoms. The van der Waals surface area contributed by atoms with Crippen LogP contribution in [0, 0.1) is 20.2 Å². The van der Waals surface area contributed by atoms with Crippen LogP contribution in [0.15, 0.2) is 58.3 Å². The molecule has 1 aliphatic heterocycles. The zero-order valence-electron chi connectivity index (χ0n) is 17.0. The minimum Gasteiger partial charge on any atom is -0.339 e. The Kier molecular flexibility index (Phi) is 7.11. The number of sulfonamides is 1. The number of non-ortho nitro benzene ring substituents is 1. The molecule has 1 heterocycles. The number of nitro benzene ring substituents is 2. The second-order valence-corrected chi connectivity index (χ2v) is 10.3. The third-order valence-corrected chi connectivity index (χ3v) is 7.98. The van der Waals surface area contributed by atoms with E-state index in [2.05, 4.69) is 0 Å². The highest BCUT2D eigenvalue weighted by Gasteiger charge is 2.35. The zero-order chi connectivity index (χ0) is 23.5. The predicted octanol–water partition coefficient (Wildman–Crippen LogP) is 2.52. The SMILES string of the molecule is CC(Sc1ccc([N+](=O)[O-])cc1)C(=O)N1CCN(S(=O)(=O)c2ccccc2[N+](=O)[O-])CC1. The molecule has 0 N–H and O–H groups in total. The number of piperazine rings is 1. The summed E-state index contributed by atoms with van der Waals surface area (Å²) in [7, 11) is -4.07. The smallest absolute Gasteiger partial charge is 0.289 e. The molecule has 1 unspecified atom stereocenters. The fourth-order valence-electron chi connectivity index (χ4n) is 3.27. The minimum absolute atomic E-state index is 0.0229. The molecule has 3 rings (SSSR count). The molecule has 1 amide bonds. The first kappa shape index (κ1) is 23.6. The van der Waals surface area contributed by atoms with Gasteiger partial charge >= 0.3 is 0 Å². The molecule has 1 atom stereocenters. The summed E-state index contributed by atoms with van der Waals surface area (Å²) in [5, 5.41) is 21.5. The second-order valence-electron chi connectivity index (χ2n) is 6.97. The van der Waals surface area contributed by atoms with Gasteiger partial charge in [-0.1, -0.05) is 12.1 Å². The van der Waals surface area contributed by atoms with E-state index >= 15 is 0 Å². The second kappa shape index (κ2) is 9.63. The minimum atomic E-state index is -4.07. The van der Waals surface area contributed by atoms with Crippen LogP contribution in [-0.4, -0.2) is 64.8 Å². The third-order valence-electron chi connectivity index (χ3n) is 4.94. The lowest BCUT2D eigenvalue weighted by Gasteiger charge is -2.35. The van der Waals surface area contributed by atoms with E-state index in [-0.39, 0.29) is 42.7 Å². The fraction of sp³-hybridized carbons (Fsp3) is 0.316. The van der Waals surface area contributed by atoms with E-state index in [4.69, 9.17) is 0 Å². The first-order chi connectivity index (χ1) is 15.1. The summed E-state index contributed by atoms with van der Waals surface area (Å²) in [5.74, 6) is -0.184. The number of hydrogen-bond donors (Lipinski definition) is 0. The lowest BCUT2D eigenvalue weighted by molar-refractivity contribution is -0.387. The normalized spacial score (nSPS) is 15.8. The molecule has 0 spiro atoms. The molecule has 2 aromatic rings. The van der Waals surface area contributed by atoms with Gasteiger partial charge in [0.1, 0.15) is 0 Å². The number of benzene rings is 2. The van der Waals surface area contributed by atoms with Crippen molar-refractivity contribution in [3.05, 3.63) is 68.8 Å². The van der Waals surface area contributed by atoms with Gasteiger partial charge < -0.3 is 4.90 Å². The Hall–Kier alpha value is -3.03. The van der Waals surface area contributed by atoms with Crippen molar-refractivity contribution in [3.8, 4) is 0 Å². The molecular weight excluding hydrogens is 460 g/mol. The highest BCUT2D eigenvalue weighted by atomic mass is 32.2. The van der Waals surface area contributed by atoms with Gasteiger partial charge in [0, 0.05) is 49.3 Å². The van der Waals surface area contributed by atoms with Crippen LogP contribution in [0.2, 0.25) is 0 Å². The van der Waals surface area contributed by atoms with Crippen molar-refractivity contribution in [1.82, 2.24) is 9.21 Å². The van der Waals surface area contributed by atoms with Crippen molar-refractivity contribution < 1.29 is 23.1 Å². The van der Waals surface area contributed by atoms with Gasteiger partial charge in [0.2, 0.25) is 15.9 Å². The van der Waals surface area contributed by atoms with Crippen LogP contribution in [0.4, 0.5) is 11.4 Å². The van der Waals surface area contributed by atoms with Crippen molar-refractivity contribution in [1.29, 1.82) is 0 Å². The summed E-state index contributed by atoms with van der Waals surface area (Å²) < 4.78 is 27.0. The van der Waals surface area contributed by atoms with Crippen molar-refractivity contribution in [2.45, 2.75) is 22.0 Å². The first-order valence-electron chi connectivity index (χ1n) is 9.54. The Bertz CT molecular complexity index is 1130. The number of para-hydroxylation sites is 1. The molecule has 0 radical (unpaired) electrons. The highest BCUT2D eigenvalue weighted by molar-refractivity contribution is 8.00. The Labute approximate surface area is 188 Å². The van der Waals surface area contributed by atoms with Gasteiger partial charge in [-0.3, -0.25) is 25.0 Å². The van der Waals surface area contributed by atoms with E-state index in [0.29, 0.717) is 4.90 Å². The molecule has 2 aromatic carbocycles. The quantitative estimate of drug-likeness (QED) is 0.334. The number of carbonyl (C=O) groups excluding carboxylic acids is 1. The molecule has 0 aliphatic carbocycles. The summed E-state index contributed by atoms with van der Waals surface area (Å²) in [4.78, 5) is 35.4. The van der Waals surface area contributed by atoms with Crippen molar-refractivity contribution in [2.75, 3.05) is 26.2 Å². The van der Waals surface area contributed by atoms with Crippen molar-refractivity contribution in [3.63, 3.8) is 0 Å². The van der Waals surface area contributed by atoms with E-state index < -0.39 is 30.8 Å². The van der Waals surface area contributed by atoms with Gasteiger partial charge in [0.25, 0.3) is 11.4 Å². The Morgan fingerprint density at radius 1 is 0.969 bits per heavy atom. The van der Waals surface area contributed by atoms with Crippen molar-refractivity contribution in [2.24, 2.45) is 0 Å². The topological polar surface area (TPSA) is 144 Å². The Morgan fingerprint density at radius 3 is 2.12 bits per heavy atom. The molecule has 1 fully saturated rings. The summed E-state index contributed by atoms with van der Waals surface area (Å²) in [6.07, 6.45) is 0. The largest absolute Gasteiger partial charge is 0.339 e. The number of nitro groups is 2. The van der Waals surface area contributed by atoms with Crippen LogP contribution in [0.3, 0.4) is 0 Å². The van der Waals surface area contributed by atoms with Gasteiger partial charge in [-0.05, 0) is 25.1 Å². The van der Waals surface area contributed by atoms with Crippen LogP contribution < -0.4 is 0 Å². The lowest BCUT2D eigenvalue weighted by atomic mass is 10.3. The number of amides is 1. The van der Waals surface area contributed by atoms with E-state index in [1.807, 2.05) is 0 Å². The Morgan fingerprint density at radius 2 is 1.56 bits per heavy atom. The van der Waals surface area contributed by atoms with Gasteiger partial charge in [0.15, 0.2) is 4.90 Å². The average Bonchev–Trinajstić information content (AvgIpc) is 2.79. The van der Waals surface area contributed by atoms with Crippen molar-refractivity contribution >= 4 is 39.1 Å². The standard InChI is InChI=1S/C19H20N4O7S2/c1-14(31-16-8-6-15(7-9-16)22(25)26)19(24)20-10-12-21(13-11-20)32(29,30)18-5-3-2-4-17(18)23(27)28/h2-9,14H,10-13H2,1H3. The molecule has 11 nitrogen and oxygen atoms in total. The zero-order valence-corrected chi connectivity index (χ0v) is 18.6. The number of carbonyl (C=O) groups is 1. The fourth-order valence-corrected chi connectivity index (χ4v) is 5.80. The van der Waals surface area contributed by atoms with Crippen LogP contribution in [0.25, 0.3) is 0 Å². The number of hydrogen-bond acceptors (Lipinski definition) is 8. The van der Waals surface area contributed by atoms with Crippen LogP contribution in [0.1, 0.15) is 6.92 Å². The van der Waals surface area contributed by atoms with E-state index in [1.54, 1.807) is 24.0 Å². The molecule has 0 bridgehead atoms. The maximum atomic E-state index is 12.9. The number of nitrogens with zero attached hydrogens (tertiary/aromatic N) is 4. The summed E-state index contributed by atoms with van der Waals surface area (Å²) in [6.45, 7) is 2.07. The molecule has 170 valence electrons. The summed E-state index contributed by atoms with van der Waals surface area (Å²) in [6, 6.07) is 11.1. The van der Waals surface area contributed by atoms with Gasteiger partial charge in [-0.2, -0.15) is 4.31 Å². The molecule has 32 heavy (non-hydrogen) atoms. The monoisotopic (exact) mass is 480 g/mol. The van der Waals surface area contributed by atoms with E-state index in [1.165, 1.54) is 42.1 Å². The summed E-state index contributed by atoms with van der Waals surface area (Å²) >= 11 is 1.25. The van der Waals surface area contributed by atoms with E-state index in [9.17, 15) is 33.4 Å². The highest BCUT2D eigenvalue weighted by Crippen LogP contribution is 2.29. The first-order valence-corrected chi connectivity index (χ1v) is 11.9. The van der Waals surface area contributed by atoms with Crippen LogP contribution in [0.5, 0.6) is 0 Å².